The van der Waals surface area contributed by atoms with Crippen molar-refractivity contribution in [1.29, 1.82) is 0 Å². The van der Waals surface area contributed by atoms with E-state index in [4.69, 9.17) is 14.2 Å². The maximum Gasteiger partial charge on any atom is 0.172 e. The predicted octanol–water partition coefficient (Wildman–Crippen LogP) is 2.31. The monoisotopic (exact) mass is 238 g/mol. The summed E-state index contributed by atoms with van der Waals surface area (Å²) in [6, 6.07) is 5.23. The number of methoxy groups -OCH3 is 2. The van der Waals surface area contributed by atoms with Gasteiger partial charge in [-0.3, -0.25) is 4.79 Å². The minimum absolute atomic E-state index is 0.0371. The zero-order valence-corrected chi connectivity index (χ0v) is 10.4. The van der Waals surface area contributed by atoms with Crippen molar-refractivity contribution in [2.75, 3.05) is 20.8 Å². The highest BCUT2D eigenvalue weighted by atomic mass is 16.5. The lowest BCUT2D eigenvalue weighted by atomic mass is 10.2. The first kappa shape index (κ1) is 13.5. The highest BCUT2D eigenvalue weighted by Crippen LogP contribution is 2.31. The van der Waals surface area contributed by atoms with Crippen molar-refractivity contribution in [3.05, 3.63) is 23.8 Å². The fourth-order valence-electron chi connectivity index (χ4n) is 1.46. The molecule has 4 heteroatoms. The van der Waals surface area contributed by atoms with Crippen molar-refractivity contribution in [1.82, 2.24) is 0 Å². The van der Waals surface area contributed by atoms with Crippen LogP contribution in [0, 0.1) is 0 Å². The number of hydrogen-bond donors (Lipinski definition) is 0. The normalized spacial score (nSPS) is 11.9. The molecule has 94 valence electrons. The molecule has 0 aliphatic carbocycles. The highest BCUT2D eigenvalue weighted by molar-refractivity contribution is 5.81. The van der Waals surface area contributed by atoms with Gasteiger partial charge in [-0.05, 0) is 19.1 Å². The first-order valence-corrected chi connectivity index (χ1v) is 5.50. The molecule has 1 unspecified atom stereocenters. The minimum Gasteiger partial charge on any atom is -0.493 e. The summed E-state index contributed by atoms with van der Waals surface area (Å²) >= 11 is 0. The number of carbonyl (C=O) groups is 1. The molecule has 0 heterocycles. The van der Waals surface area contributed by atoms with Crippen molar-refractivity contribution in [2.24, 2.45) is 0 Å². The van der Waals surface area contributed by atoms with E-state index in [0.29, 0.717) is 23.7 Å². The van der Waals surface area contributed by atoms with Crippen LogP contribution in [0.4, 0.5) is 0 Å². The summed E-state index contributed by atoms with van der Waals surface area (Å²) in [6.45, 7) is 2.55. The number of hydrogen-bond acceptors (Lipinski definition) is 4. The second-order valence-corrected chi connectivity index (χ2v) is 3.71. The van der Waals surface area contributed by atoms with E-state index in [0.717, 1.165) is 12.7 Å². The van der Waals surface area contributed by atoms with E-state index < -0.39 is 0 Å². The van der Waals surface area contributed by atoms with Gasteiger partial charge >= 0.3 is 0 Å². The zero-order valence-electron chi connectivity index (χ0n) is 10.4. The van der Waals surface area contributed by atoms with Gasteiger partial charge in [0.05, 0.1) is 18.8 Å². The zero-order chi connectivity index (χ0) is 12.7. The van der Waals surface area contributed by atoms with E-state index in [-0.39, 0.29) is 6.10 Å². The Balaban J connectivity index is 2.83. The molecule has 0 aromatic heterocycles. The average molecular weight is 238 g/mol. The van der Waals surface area contributed by atoms with Crippen LogP contribution in [0.25, 0.3) is 0 Å². The van der Waals surface area contributed by atoms with Crippen LogP contribution in [-0.2, 0) is 4.74 Å². The molecule has 1 aromatic carbocycles. The van der Waals surface area contributed by atoms with E-state index in [9.17, 15) is 4.79 Å². The third-order valence-corrected chi connectivity index (χ3v) is 2.40. The van der Waals surface area contributed by atoms with Crippen molar-refractivity contribution >= 4 is 6.29 Å². The Bertz CT molecular complexity index is 362. The van der Waals surface area contributed by atoms with Crippen LogP contribution in [-0.4, -0.2) is 33.2 Å². The Morgan fingerprint density at radius 2 is 2.12 bits per heavy atom. The summed E-state index contributed by atoms with van der Waals surface area (Å²) in [4.78, 5) is 10.9. The molecule has 0 aliphatic rings. The molecular weight excluding hydrogens is 220 g/mol. The molecule has 0 N–H and O–H groups in total. The number of aldehydes is 1. The van der Waals surface area contributed by atoms with E-state index >= 15 is 0 Å². The van der Waals surface area contributed by atoms with Crippen molar-refractivity contribution in [3.8, 4) is 11.5 Å². The third-order valence-electron chi connectivity index (χ3n) is 2.40. The standard InChI is InChI=1S/C13H18O4/c1-10(7-8-15-2)17-13-11(9-14)5-4-6-12(13)16-3/h4-6,9-10H,7-8H2,1-3H3. The molecule has 0 aliphatic heterocycles. The van der Waals surface area contributed by atoms with Gasteiger partial charge < -0.3 is 14.2 Å². The highest BCUT2D eigenvalue weighted by Gasteiger charge is 2.13. The van der Waals surface area contributed by atoms with Crippen molar-refractivity contribution < 1.29 is 19.0 Å². The van der Waals surface area contributed by atoms with Crippen LogP contribution >= 0.6 is 0 Å². The van der Waals surface area contributed by atoms with Gasteiger partial charge in [-0.15, -0.1) is 0 Å². The van der Waals surface area contributed by atoms with Gasteiger partial charge in [0.15, 0.2) is 17.8 Å². The summed E-state index contributed by atoms with van der Waals surface area (Å²) in [5, 5.41) is 0. The molecule has 0 saturated carbocycles. The molecule has 4 nitrogen and oxygen atoms in total. The summed E-state index contributed by atoms with van der Waals surface area (Å²) < 4.78 is 15.9. The van der Waals surface area contributed by atoms with Crippen LogP contribution in [0.5, 0.6) is 11.5 Å². The first-order chi connectivity index (χ1) is 8.22. The van der Waals surface area contributed by atoms with Gasteiger partial charge in [-0.25, -0.2) is 0 Å². The fourth-order valence-corrected chi connectivity index (χ4v) is 1.46. The van der Waals surface area contributed by atoms with Crippen LogP contribution in [0.1, 0.15) is 23.7 Å². The van der Waals surface area contributed by atoms with Crippen molar-refractivity contribution in [3.63, 3.8) is 0 Å². The molecule has 0 amide bonds. The third kappa shape index (κ3) is 3.75. The molecule has 1 rings (SSSR count). The van der Waals surface area contributed by atoms with Gasteiger partial charge in [-0.1, -0.05) is 6.07 Å². The van der Waals surface area contributed by atoms with Crippen LogP contribution < -0.4 is 9.47 Å². The van der Waals surface area contributed by atoms with E-state index in [1.807, 2.05) is 6.92 Å². The quantitative estimate of drug-likeness (QED) is 0.684. The number of carbonyl (C=O) groups excluding carboxylic acids is 1. The Morgan fingerprint density at radius 3 is 2.71 bits per heavy atom. The molecule has 1 aromatic rings. The molecule has 0 radical (unpaired) electrons. The number of para-hydroxylation sites is 1. The summed E-state index contributed by atoms with van der Waals surface area (Å²) in [5.41, 5.74) is 0.494. The number of ether oxygens (including phenoxy) is 3. The SMILES string of the molecule is COCCC(C)Oc1c(C=O)cccc1OC. The second kappa shape index (κ2) is 6.91. The molecule has 0 fully saturated rings. The van der Waals surface area contributed by atoms with E-state index in [2.05, 4.69) is 0 Å². The van der Waals surface area contributed by atoms with E-state index in [1.54, 1.807) is 32.4 Å². The molecule has 0 saturated heterocycles. The Hall–Kier alpha value is -1.55. The largest absolute Gasteiger partial charge is 0.493 e. The summed E-state index contributed by atoms with van der Waals surface area (Å²) in [7, 11) is 3.20. The Kier molecular flexibility index (Phi) is 5.49. The van der Waals surface area contributed by atoms with Crippen LogP contribution in [0.3, 0.4) is 0 Å². The molecule has 0 bridgehead atoms. The fraction of sp³-hybridized carbons (Fsp3) is 0.462. The molecule has 0 spiro atoms. The lowest BCUT2D eigenvalue weighted by Gasteiger charge is -2.17. The topological polar surface area (TPSA) is 44.8 Å². The second-order valence-electron chi connectivity index (χ2n) is 3.71. The maximum absolute atomic E-state index is 10.9. The van der Waals surface area contributed by atoms with E-state index in [1.165, 1.54) is 0 Å². The molecule has 17 heavy (non-hydrogen) atoms. The maximum atomic E-state index is 10.9. The minimum atomic E-state index is -0.0371. The summed E-state index contributed by atoms with van der Waals surface area (Å²) in [6.07, 6.45) is 1.48. The number of benzene rings is 1. The van der Waals surface area contributed by atoms with Gasteiger partial charge in [-0.2, -0.15) is 0 Å². The lowest BCUT2D eigenvalue weighted by Crippen LogP contribution is -2.15. The van der Waals surface area contributed by atoms with Gasteiger partial charge in [0.1, 0.15) is 0 Å². The first-order valence-electron chi connectivity index (χ1n) is 5.50. The van der Waals surface area contributed by atoms with Crippen molar-refractivity contribution in [2.45, 2.75) is 19.4 Å². The number of rotatable bonds is 7. The molecule has 1 atom stereocenters. The van der Waals surface area contributed by atoms with Gasteiger partial charge in [0.2, 0.25) is 0 Å². The lowest BCUT2D eigenvalue weighted by molar-refractivity contribution is 0.110. The van der Waals surface area contributed by atoms with Crippen LogP contribution in [0.2, 0.25) is 0 Å². The van der Waals surface area contributed by atoms with Crippen LogP contribution in [0.15, 0.2) is 18.2 Å². The summed E-state index contributed by atoms with van der Waals surface area (Å²) in [5.74, 6) is 1.06. The van der Waals surface area contributed by atoms with Gasteiger partial charge in [0, 0.05) is 20.1 Å². The predicted molar refractivity (Wildman–Crippen MR) is 65.0 cm³/mol. The smallest absolute Gasteiger partial charge is 0.172 e. The molecular formula is C13H18O4. The Morgan fingerprint density at radius 1 is 1.35 bits per heavy atom. The average Bonchev–Trinajstić information content (AvgIpc) is 2.36. The Labute approximate surface area is 101 Å². The van der Waals surface area contributed by atoms with Gasteiger partial charge in [0.25, 0.3) is 0 Å².